The van der Waals surface area contributed by atoms with Crippen molar-refractivity contribution in [2.24, 2.45) is 11.5 Å². The van der Waals surface area contributed by atoms with E-state index in [1.165, 1.54) is 0 Å². The molecule has 0 saturated heterocycles. The Hall–Kier alpha value is -2.04. The minimum Gasteiger partial charge on any atom is -0.456 e. The Bertz CT molecular complexity index is 597. The van der Waals surface area contributed by atoms with Crippen molar-refractivity contribution in [1.29, 1.82) is 0 Å². The summed E-state index contributed by atoms with van der Waals surface area (Å²) in [5, 5.41) is 0.488. The van der Waals surface area contributed by atoms with Gasteiger partial charge in [-0.05, 0) is 42.0 Å². The van der Waals surface area contributed by atoms with Gasteiger partial charge in [-0.3, -0.25) is 4.79 Å². The summed E-state index contributed by atoms with van der Waals surface area (Å²) in [6.07, 6.45) is 0. The highest BCUT2D eigenvalue weighted by molar-refractivity contribution is 6.32. The van der Waals surface area contributed by atoms with Gasteiger partial charge in [0.15, 0.2) is 0 Å². The van der Waals surface area contributed by atoms with Gasteiger partial charge in [-0.2, -0.15) is 0 Å². The predicted molar refractivity (Wildman–Crippen MR) is 74.4 cm³/mol. The number of hydrogen-bond donors (Lipinski definition) is 2. The molecule has 0 aliphatic rings. The van der Waals surface area contributed by atoms with E-state index in [1.54, 1.807) is 36.4 Å². The quantitative estimate of drug-likeness (QED) is 0.901. The highest BCUT2D eigenvalue weighted by Crippen LogP contribution is 2.30. The van der Waals surface area contributed by atoms with Gasteiger partial charge in [0.1, 0.15) is 11.5 Å². The van der Waals surface area contributed by atoms with Gasteiger partial charge >= 0.3 is 0 Å². The maximum atomic E-state index is 10.9. The highest BCUT2D eigenvalue weighted by Gasteiger charge is 2.05. The Balaban J connectivity index is 2.19. The smallest absolute Gasteiger partial charge is 0.248 e. The maximum Gasteiger partial charge on any atom is 0.248 e. The Morgan fingerprint density at radius 3 is 2.37 bits per heavy atom. The van der Waals surface area contributed by atoms with Crippen LogP contribution in [0.2, 0.25) is 5.02 Å². The number of carbonyl (C=O) groups excluding carboxylic acids is 1. The molecule has 1 amide bonds. The summed E-state index contributed by atoms with van der Waals surface area (Å²) in [5.74, 6) is 0.634. The summed E-state index contributed by atoms with van der Waals surface area (Å²) in [7, 11) is 0. The van der Waals surface area contributed by atoms with Gasteiger partial charge in [-0.15, -0.1) is 0 Å². The number of halogens is 1. The van der Waals surface area contributed by atoms with Crippen molar-refractivity contribution in [2.45, 2.75) is 6.54 Å². The summed E-state index contributed by atoms with van der Waals surface area (Å²) in [4.78, 5) is 10.9. The van der Waals surface area contributed by atoms with E-state index in [0.29, 0.717) is 28.6 Å². The molecule has 4 N–H and O–H groups in total. The molecular formula is C14H13ClN2O2. The van der Waals surface area contributed by atoms with Crippen molar-refractivity contribution in [3.8, 4) is 11.5 Å². The zero-order valence-corrected chi connectivity index (χ0v) is 10.9. The topological polar surface area (TPSA) is 78.3 Å². The lowest BCUT2D eigenvalue weighted by Gasteiger charge is -2.09. The van der Waals surface area contributed by atoms with E-state index >= 15 is 0 Å². The van der Waals surface area contributed by atoms with Crippen molar-refractivity contribution in [2.75, 3.05) is 0 Å². The largest absolute Gasteiger partial charge is 0.456 e. The number of amides is 1. The molecule has 19 heavy (non-hydrogen) atoms. The molecule has 0 aliphatic heterocycles. The van der Waals surface area contributed by atoms with Crippen molar-refractivity contribution in [3.05, 3.63) is 58.6 Å². The Morgan fingerprint density at radius 1 is 1.16 bits per heavy atom. The van der Waals surface area contributed by atoms with Crippen molar-refractivity contribution >= 4 is 17.5 Å². The lowest BCUT2D eigenvalue weighted by molar-refractivity contribution is 0.100. The van der Waals surface area contributed by atoms with Gasteiger partial charge in [0.25, 0.3) is 0 Å². The number of nitrogens with two attached hydrogens (primary N) is 2. The first-order chi connectivity index (χ1) is 9.10. The van der Waals surface area contributed by atoms with Crippen LogP contribution in [-0.4, -0.2) is 5.91 Å². The van der Waals surface area contributed by atoms with E-state index in [2.05, 4.69) is 0 Å². The van der Waals surface area contributed by atoms with Crippen LogP contribution in [0.25, 0.3) is 0 Å². The minimum atomic E-state index is -0.475. The molecule has 0 heterocycles. The second-order valence-electron chi connectivity index (χ2n) is 3.96. The van der Waals surface area contributed by atoms with Gasteiger partial charge in [0, 0.05) is 12.1 Å². The Morgan fingerprint density at radius 2 is 1.84 bits per heavy atom. The van der Waals surface area contributed by atoms with E-state index in [1.807, 2.05) is 6.07 Å². The SMILES string of the molecule is NCc1ccc(Oc2ccc(C(N)=O)cc2)c(Cl)c1. The van der Waals surface area contributed by atoms with Crippen molar-refractivity contribution < 1.29 is 9.53 Å². The fraction of sp³-hybridized carbons (Fsp3) is 0.0714. The van der Waals surface area contributed by atoms with Crippen LogP contribution in [-0.2, 0) is 6.54 Å². The molecule has 0 radical (unpaired) electrons. The molecule has 0 bridgehead atoms. The average molecular weight is 277 g/mol. The monoisotopic (exact) mass is 276 g/mol. The first kappa shape index (κ1) is 13.4. The van der Waals surface area contributed by atoms with E-state index < -0.39 is 5.91 Å². The third-order valence-electron chi connectivity index (χ3n) is 2.60. The Kier molecular flexibility index (Phi) is 4.04. The minimum absolute atomic E-state index is 0.424. The first-order valence-electron chi connectivity index (χ1n) is 5.66. The normalized spacial score (nSPS) is 10.2. The van der Waals surface area contributed by atoms with E-state index in [9.17, 15) is 4.79 Å². The number of carbonyl (C=O) groups is 1. The fourth-order valence-corrected chi connectivity index (χ4v) is 1.81. The van der Waals surface area contributed by atoms with Crippen LogP contribution in [0.1, 0.15) is 15.9 Å². The summed E-state index contributed by atoms with van der Waals surface area (Å²) < 4.78 is 5.62. The van der Waals surface area contributed by atoms with Crippen LogP contribution in [0.3, 0.4) is 0 Å². The lowest BCUT2D eigenvalue weighted by Crippen LogP contribution is -2.10. The zero-order chi connectivity index (χ0) is 13.8. The molecule has 0 atom stereocenters. The average Bonchev–Trinajstić information content (AvgIpc) is 2.41. The summed E-state index contributed by atoms with van der Waals surface area (Å²) >= 11 is 6.09. The summed E-state index contributed by atoms with van der Waals surface area (Å²) in [5.41, 5.74) is 12.0. The van der Waals surface area contributed by atoms with Gasteiger partial charge in [-0.25, -0.2) is 0 Å². The lowest BCUT2D eigenvalue weighted by atomic mass is 10.2. The fourth-order valence-electron chi connectivity index (χ4n) is 1.57. The third kappa shape index (κ3) is 3.24. The first-order valence-corrected chi connectivity index (χ1v) is 6.04. The Labute approximate surface area is 115 Å². The molecule has 0 saturated carbocycles. The zero-order valence-electron chi connectivity index (χ0n) is 10.1. The number of benzene rings is 2. The molecule has 0 aliphatic carbocycles. The molecule has 5 heteroatoms. The van der Waals surface area contributed by atoms with E-state index in [0.717, 1.165) is 5.56 Å². The maximum absolute atomic E-state index is 10.9. The molecule has 2 aromatic carbocycles. The molecule has 0 unspecified atom stereocenters. The van der Waals surface area contributed by atoms with Crippen LogP contribution < -0.4 is 16.2 Å². The van der Waals surface area contributed by atoms with Crippen LogP contribution in [0, 0.1) is 0 Å². The standard InChI is InChI=1S/C14H13ClN2O2/c15-12-7-9(8-16)1-6-13(12)19-11-4-2-10(3-5-11)14(17)18/h1-7H,8,16H2,(H2,17,18). The van der Waals surface area contributed by atoms with E-state index in [-0.39, 0.29) is 0 Å². The molecule has 4 nitrogen and oxygen atoms in total. The number of rotatable bonds is 4. The second-order valence-corrected chi connectivity index (χ2v) is 4.37. The third-order valence-corrected chi connectivity index (χ3v) is 2.89. The second kappa shape index (κ2) is 5.73. The van der Waals surface area contributed by atoms with E-state index in [4.69, 9.17) is 27.8 Å². The van der Waals surface area contributed by atoms with Crippen molar-refractivity contribution in [1.82, 2.24) is 0 Å². The number of hydrogen-bond acceptors (Lipinski definition) is 3. The van der Waals surface area contributed by atoms with Crippen molar-refractivity contribution in [3.63, 3.8) is 0 Å². The van der Waals surface area contributed by atoms with Crippen LogP contribution in [0.4, 0.5) is 0 Å². The highest BCUT2D eigenvalue weighted by atomic mass is 35.5. The van der Waals surface area contributed by atoms with Gasteiger partial charge in [0.05, 0.1) is 5.02 Å². The number of primary amides is 1. The van der Waals surface area contributed by atoms with Gasteiger partial charge in [-0.1, -0.05) is 17.7 Å². The molecule has 0 aromatic heterocycles. The molecule has 0 fully saturated rings. The van der Waals surface area contributed by atoms with Crippen LogP contribution in [0.5, 0.6) is 11.5 Å². The van der Waals surface area contributed by atoms with Gasteiger partial charge < -0.3 is 16.2 Å². The summed E-state index contributed by atoms with van der Waals surface area (Å²) in [6, 6.07) is 11.9. The molecule has 0 spiro atoms. The number of ether oxygens (including phenoxy) is 1. The van der Waals surface area contributed by atoms with Gasteiger partial charge in [0.2, 0.25) is 5.91 Å². The van der Waals surface area contributed by atoms with Crippen LogP contribution >= 0.6 is 11.6 Å². The summed E-state index contributed by atoms with van der Waals surface area (Å²) in [6.45, 7) is 0.424. The van der Waals surface area contributed by atoms with Crippen LogP contribution in [0.15, 0.2) is 42.5 Å². The molecule has 2 aromatic rings. The molecule has 2 rings (SSSR count). The predicted octanol–water partition coefficient (Wildman–Crippen LogP) is 2.69. The molecule has 98 valence electrons. The molecular weight excluding hydrogens is 264 g/mol.